The van der Waals surface area contributed by atoms with E-state index >= 15 is 0 Å². The highest BCUT2D eigenvalue weighted by Crippen LogP contribution is 2.21. The summed E-state index contributed by atoms with van der Waals surface area (Å²) in [6.07, 6.45) is 5.03. The van der Waals surface area contributed by atoms with Crippen LogP contribution in [0, 0.1) is 6.92 Å². The van der Waals surface area contributed by atoms with Gasteiger partial charge in [0, 0.05) is 24.5 Å². The Morgan fingerprint density at radius 1 is 1.39 bits per heavy atom. The Morgan fingerprint density at radius 3 is 2.78 bits per heavy atom. The van der Waals surface area contributed by atoms with Crippen LogP contribution in [-0.2, 0) is 13.5 Å². The molecule has 0 bridgehead atoms. The molecule has 1 aromatic heterocycles. The lowest BCUT2D eigenvalue weighted by atomic mass is 10.1. The molecule has 0 spiro atoms. The fourth-order valence-corrected chi connectivity index (χ4v) is 2.14. The molecule has 1 N–H and O–H groups in total. The molecule has 0 amide bonds. The average molecular weight is 243 g/mol. The number of aromatic nitrogens is 2. The number of hydrogen-bond donors (Lipinski definition) is 1. The first kappa shape index (κ1) is 12.7. The maximum absolute atomic E-state index is 4.20. The highest BCUT2D eigenvalue weighted by atomic mass is 15.2. The first-order valence-electron chi connectivity index (χ1n) is 6.44. The SMILES string of the molecule is CCc1cc(NC(C)c2cnn(C)c2)ccc1C. The Kier molecular flexibility index (Phi) is 3.70. The molecule has 3 nitrogen and oxygen atoms in total. The van der Waals surface area contributed by atoms with Crippen LogP contribution in [0.2, 0.25) is 0 Å². The van der Waals surface area contributed by atoms with E-state index in [9.17, 15) is 0 Å². The molecule has 1 heterocycles. The summed E-state index contributed by atoms with van der Waals surface area (Å²) in [6, 6.07) is 6.83. The third kappa shape index (κ3) is 2.73. The van der Waals surface area contributed by atoms with E-state index in [0.717, 1.165) is 6.42 Å². The highest BCUT2D eigenvalue weighted by Gasteiger charge is 2.07. The first-order chi connectivity index (χ1) is 8.60. The van der Waals surface area contributed by atoms with Crippen LogP contribution in [0.25, 0.3) is 0 Å². The summed E-state index contributed by atoms with van der Waals surface area (Å²) in [6.45, 7) is 6.51. The highest BCUT2D eigenvalue weighted by molar-refractivity contribution is 5.49. The molecule has 0 saturated carbocycles. The normalized spacial score (nSPS) is 12.4. The maximum Gasteiger partial charge on any atom is 0.0542 e. The van der Waals surface area contributed by atoms with Crippen LogP contribution in [0.5, 0.6) is 0 Å². The molecule has 0 aliphatic rings. The van der Waals surface area contributed by atoms with Crippen molar-refractivity contribution >= 4 is 5.69 Å². The Bertz CT molecular complexity index is 528. The summed E-state index contributed by atoms with van der Waals surface area (Å²) >= 11 is 0. The van der Waals surface area contributed by atoms with Gasteiger partial charge in [-0.3, -0.25) is 4.68 Å². The number of nitrogens with one attached hydrogen (secondary N) is 1. The minimum absolute atomic E-state index is 0.270. The van der Waals surface area contributed by atoms with Gasteiger partial charge in [-0.2, -0.15) is 5.10 Å². The van der Waals surface area contributed by atoms with Crippen LogP contribution in [0.1, 0.15) is 36.6 Å². The zero-order chi connectivity index (χ0) is 13.1. The molecule has 0 saturated heterocycles. The van der Waals surface area contributed by atoms with Crippen molar-refractivity contribution in [3.8, 4) is 0 Å². The quantitative estimate of drug-likeness (QED) is 0.891. The Morgan fingerprint density at radius 2 is 2.17 bits per heavy atom. The van der Waals surface area contributed by atoms with Crippen LogP contribution in [0.3, 0.4) is 0 Å². The second-order valence-corrected chi connectivity index (χ2v) is 4.81. The van der Waals surface area contributed by atoms with Crippen LogP contribution in [0.15, 0.2) is 30.6 Å². The van der Waals surface area contributed by atoms with E-state index in [0.29, 0.717) is 0 Å². The van der Waals surface area contributed by atoms with Crippen LogP contribution < -0.4 is 5.32 Å². The predicted octanol–water partition coefficient (Wildman–Crippen LogP) is 3.46. The van der Waals surface area contributed by atoms with Crippen molar-refractivity contribution in [1.29, 1.82) is 0 Å². The minimum Gasteiger partial charge on any atom is -0.378 e. The van der Waals surface area contributed by atoms with E-state index in [1.54, 1.807) is 0 Å². The lowest BCUT2D eigenvalue weighted by molar-refractivity contribution is 0.765. The second kappa shape index (κ2) is 5.25. The van der Waals surface area contributed by atoms with Gasteiger partial charge in [0.2, 0.25) is 0 Å². The van der Waals surface area contributed by atoms with Gasteiger partial charge in [0.15, 0.2) is 0 Å². The van der Waals surface area contributed by atoms with E-state index < -0.39 is 0 Å². The van der Waals surface area contributed by atoms with Crippen molar-refractivity contribution in [1.82, 2.24) is 9.78 Å². The molecule has 18 heavy (non-hydrogen) atoms. The average Bonchev–Trinajstić information content (AvgIpc) is 2.78. The number of hydrogen-bond acceptors (Lipinski definition) is 2. The summed E-state index contributed by atoms with van der Waals surface area (Å²) in [5.41, 5.74) is 5.14. The Balaban J connectivity index is 2.14. The number of aryl methyl sites for hydroxylation is 3. The minimum atomic E-state index is 0.270. The molecule has 1 atom stereocenters. The van der Waals surface area contributed by atoms with Gasteiger partial charge >= 0.3 is 0 Å². The molecule has 0 aliphatic heterocycles. The molecule has 2 aromatic rings. The summed E-state index contributed by atoms with van der Waals surface area (Å²) in [5.74, 6) is 0. The van der Waals surface area contributed by atoms with Crippen molar-refractivity contribution in [2.75, 3.05) is 5.32 Å². The first-order valence-corrected chi connectivity index (χ1v) is 6.44. The van der Waals surface area contributed by atoms with E-state index in [-0.39, 0.29) is 6.04 Å². The van der Waals surface area contributed by atoms with Crippen LogP contribution >= 0.6 is 0 Å². The molecule has 3 heteroatoms. The molecule has 1 aromatic carbocycles. The summed E-state index contributed by atoms with van der Waals surface area (Å²) in [5, 5.41) is 7.72. The van der Waals surface area contributed by atoms with Crippen molar-refractivity contribution in [3.63, 3.8) is 0 Å². The van der Waals surface area contributed by atoms with Gasteiger partial charge in [-0.15, -0.1) is 0 Å². The molecular weight excluding hydrogens is 222 g/mol. The zero-order valence-electron chi connectivity index (χ0n) is 11.6. The molecule has 1 unspecified atom stereocenters. The van der Waals surface area contributed by atoms with Gasteiger partial charge in [0.25, 0.3) is 0 Å². The molecule has 2 rings (SSSR count). The largest absolute Gasteiger partial charge is 0.378 e. The molecule has 0 fully saturated rings. The van der Waals surface area contributed by atoms with Gasteiger partial charge in [-0.25, -0.2) is 0 Å². The van der Waals surface area contributed by atoms with Crippen LogP contribution in [0.4, 0.5) is 5.69 Å². The van der Waals surface area contributed by atoms with Gasteiger partial charge < -0.3 is 5.32 Å². The fourth-order valence-electron chi connectivity index (χ4n) is 2.14. The van der Waals surface area contributed by atoms with E-state index in [2.05, 4.69) is 49.4 Å². The van der Waals surface area contributed by atoms with E-state index in [1.807, 2.05) is 24.1 Å². The van der Waals surface area contributed by atoms with Gasteiger partial charge in [-0.1, -0.05) is 13.0 Å². The number of anilines is 1. The van der Waals surface area contributed by atoms with Crippen molar-refractivity contribution in [3.05, 3.63) is 47.3 Å². The summed E-state index contributed by atoms with van der Waals surface area (Å²) < 4.78 is 1.83. The zero-order valence-corrected chi connectivity index (χ0v) is 11.6. The van der Waals surface area contributed by atoms with E-state index in [1.165, 1.54) is 22.4 Å². The molecule has 0 aliphatic carbocycles. The molecule has 0 radical (unpaired) electrons. The molecule has 96 valence electrons. The number of rotatable bonds is 4. The smallest absolute Gasteiger partial charge is 0.0542 e. The Hall–Kier alpha value is -1.77. The summed E-state index contributed by atoms with van der Waals surface area (Å²) in [7, 11) is 1.94. The van der Waals surface area contributed by atoms with Gasteiger partial charge in [-0.05, 0) is 43.5 Å². The van der Waals surface area contributed by atoms with Gasteiger partial charge in [0.1, 0.15) is 0 Å². The topological polar surface area (TPSA) is 29.9 Å². The number of nitrogens with zero attached hydrogens (tertiary/aromatic N) is 2. The number of benzene rings is 1. The van der Waals surface area contributed by atoms with Crippen molar-refractivity contribution in [2.45, 2.75) is 33.2 Å². The lowest BCUT2D eigenvalue weighted by Crippen LogP contribution is -2.06. The van der Waals surface area contributed by atoms with Crippen molar-refractivity contribution < 1.29 is 0 Å². The maximum atomic E-state index is 4.20. The van der Waals surface area contributed by atoms with Gasteiger partial charge in [0.05, 0.1) is 12.2 Å². The van der Waals surface area contributed by atoms with Crippen LogP contribution in [-0.4, -0.2) is 9.78 Å². The second-order valence-electron chi connectivity index (χ2n) is 4.81. The lowest BCUT2D eigenvalue weighted by Gasteiger charge is -2.15. The van der Waals surface area contributed by atoms with Crippen molar-refractivity contribution in [2.24, 2.45) is 7.05 Å². The van der Waals surface area contributed by atoms with E-state index in [4.69, 9.17) is 0 Å². The Labute approximate surface area is 109 Å². The summed E-state index contributed by atoms with van der Waals surface area (Å²) in [4.78, 5) is 0. The predicted molar refractivity (Wildman–Crippen MR) is 75.8 cm³/mol. The third-order valence-electron chi connectivity index (χ3n) is 3.34. The monoisotopic (exact) mass is 243 g/mol. The molecular formula is C15H21N3. The third-order valence-corrected chi connectivity index (χ3v) is 3.34. The fraction of sp³-hybridized carbons (Fsp3) is 0.400. The standard InChI is InChI=1S/C15H21N3/c1-5-13-8-15(7-6-11(13)2)17-12(3)14-9-16-18(4)10-14/h6-10,12,17H,5H2,1-4H3.